The molecule has 4 heteroatoms. The smallest absolute Gasteiger partial charge is 0.149 e. The lowest BCUT2D eigenvalue weighted by Crippen LogP contribution is -2.25. The van der Waals surface area contributed by atoms with Gasteiger partial charge in [-0.1, -0.05) is 31.9 Å². The Morgan fingerprint density at radius 3 is 2.88 bits per heavy atom. The highest BCUT2D eigenvalue weighted by atomic mass is 35.5. The number of anilines is 1. The van der Waals surface area contributed by atoms with Gasteiger partial charge in [-0.05, 0) is 24.7 Å². The second kappa shape index (κ2) is 5.00. The fourth-order valence-corrected chi connectivity index (χ4v) is 2.78. The van der Waals surface area contributed by atoms with Gasteiger partial charge < -0.3 is 5.32 Å². The summed E-state index contributed by atoms with van der Waals surface area (Å²) in [7, 11) is 0. The topological polar surface area (TPSA) is 37.8 Å². The SMILES string of the molecule is CCC1CCC(Nc2cncc(Cl)n2)C1C. The third kappa shape index (κ3) is 2.46. The molecule has 3 nitrogen and oxygen atoms in total. The predicted molar refractivity (Wildman–Crippen MR) is 66.6 cm³/mol. The largest absolute Gasteiger partial charge is 0.366 e. The zero-order valence-electron chi connectivity index (χ0n) is 9.78. The molecule has 1 aromatic heterocycles. The Balaban J connectivity index is 2.00. The second-order valence-electron chi connectivity index (χ2n) is 4.58. The van der Waals surface area contributed by atoms with Crippen LogP contribution in [0.25, 0.3) is 0 Å². The third-order valence-electron chi connectivity index (χ3n) is 3.69. The molecule has 1 aliphatic carbocycles. The Labute approximate surface area is 102 Å². The molecule has 0 spiro atoms. The molecular weight excluding hydrogens is 222 g/mol. The Hall–Kier alpha value is -0.830. The summed E-state index contributed by atoms with van der Waals surface area (Å²) in [5.41, 5.74) is 0. The summed E-state index contributed by atoms with van der Waals surface area (Å²) in [6, 6.07) is 0.512. The fourth-order valence-electron chi connectivity index (χ4n) is 2.63. The monoisotopic (exact) mass is 239 g/mol. The van der Waals surface area contributed by atoms with Crippen LogP contribution in [0.3, 0.4) is 0 Å². The van der Waals surface area contributed by atoms with Crippen molar-refractivity contribution < 1.29 is 0 Å². The van der Waals surface area contributed by atoms with Crippen LogP contribution in [0.15, 0.2) is 12.4 Å². The molecule has 0 saturated heterocycles. The van der Waals surface area contributed by atoms with E-state index in [1.54, 1.807) is 12.4 Å². The number of hydrogen-bond donors (Lipinski definition) is 1. The van der Waals surface area contributed by atoms with Crippen LogP contribution in [0.1, 0.15) is 33.1 Å². The molecular formula is C12H18ClN3. The first-order valence-electron chi connectivity index (χ1n) is 5.94. The third-order valence-corrected chi connectivity index (χ3v) is 3.87. The lowest BCUT2D eigenvalue weighted by Gasteiger charge is -2.21. The van der Waals surface area contributed by atoms with Gasteiger partial charge in [-0.3, -0.25) is 4.98 Å². The van der Waals surface area contributed by atoms with Crippen LogP contribution in [0.5, 0.6) is 0 Å². The van der Waals surface area contributed by atoms with Crippen LogP contribution in [0.4, 0.5) is 5.82 Å². The second-order valence-corrected chi connectivity index (χ2v) is 4.97. The van der Waals surface area contributed by atoms with E-state index in [-0.39, 0.29) is 0 Å². The van der Waals surface area contributed by atoms with Crippen molar-refractivity contribution in [3.63, 3.8) is 0 Å². The standard InChI is InChI=1S/C12H18ClN3/c1-3-9-4-5-10(8(9)2)15-12-7-14-6-11(13)16-12/h6-10H,3-5H2,1-2H3,(H,15,16). The first-order valence-corrected chi connectivity index (χ1v) is 6.32. The maximum Gasteiger partial charge on any atom is 0.149 e. The van der Waals surface area contributed by atoms with Gasteiger partial charge in [0.15, 0.2) is 0 Å². The van der Waals surface area contributed by atoms with E-state index in [4.69, 9.17) is 11.6 Å². The molecule has 1 aromatic rings. The number of nitrogens with one attached hydrogen (secondary N) is 1. The zero-order chi connectivity index (χ0) is 11.5. The van der Waals surface area contributed by atoms with Crippen LogP contribution in [0, 0.1) is 11.8 Å². The van der Waals surface area contributed by atoms with E-state index < -0.39 is 0 Å². The van der Waals surface area contributed by atoms with Crippen molar-refractivity contribution in [1.29, 1.82) is 0 Å². The lowest BCUT2D eigenvalue weighted by molar-refractivity contribution is 0.391. The average molecular weight is 240 g/mol. The van der Waals surface area contributed by atoms with Crippen molar-refractivity contribution in [3.8, 4) is 0 Å². The molecule has 0 amide bonds. The van der Waals surface area contributed by atoms with Gasteiger partial charge in [-0.25, -0.2) is 4.98 Å². The van der Waals surface area contributed by atoms with E-state index in [2.05, 4.69) is 29.1 Å². The van der Waals surface area contributed by atoms with Gasteiger partial charge in [0.1, 0.15) is 11.0 Å². The molecule has 1 aliphatic rings. The Morgan fingerprint density at radius 2 is 2.25 bits per heavy atom. The zero-order valence-corrected chi connectivity index (χ0v) is 10.5. The summed E-state index contributed by atoms with van der Waals surface area (Å²) in [4.78, 5) is 8.25. The van der Waals surface area contributed by atoms with E-state index in [1.165, 1.54) is 19.3 Å². The molecule has 0 bridgehead atoms. The van der Waals surface area contributed by atoms with E-state index in [1.807, 2.05) is 0 Å². The Morgan fingerprint density at radius 1 is 1.44 bits per heavy atom. The summed E-state index contributed by atoms with van der Waals surface area (Å²) in [6.07, 6.45) is 7.08. The summed E-state index contributed by atoms with van der Waals surface area (Å²) < 4.78 is 0. The molecule has 16 heavy (non-hydrogen) atoms. The van der Waals surface area contributed by atoms with Gasteiger partial charge in [-0.2, -0.15) is 0 Å². The Kier molecular flexibility index (Phi) is 3.64. The van der Waals surface area contributed by atoms with Gasteiger partial charge >= 0.3 is 0 Å². The molecule has 1 saturated carbocycles. The van der Waals surface area contributed by atoms with Crippen LogP contribution >= 0.6 is 11.6 Å². The van der Waals surface area contributed by atoms with E-state index in [9.17, 15) is 0 Å². The molecule has 0 radical (unpaired) electrons. The first kappa shape index (κ1) is 11.6. The number of aromatic nitrogens is 2. The minimum Gasteiger partial charge on any atom is -0.366 e. The maximum atomic E-state index is 5.81. The van der Waals surface area contributed by atoms with E-state index in [0.717, 1.165) is 11.7 Å². The van der Waals surface area contributed by atoms with Gasteiger partial charge in [0.2, 0.25) is 0 Å². The van der Waals surface area contributed by atoms with Crippen LogP contribution in [0.2, 0.25) is 5.15 Å². The summed E-state index contributed by atoms with van der Waals surface area (Å²) in [5.74, 6) is 2.33. The number of hydrogen-bond acceptors (Lipinski definition) is 3. The van der Waals surface area contributed by atoms with E-state index >= 15 is 0 Å². The highest BCUT2D eigenvalue weighted by molar-refractivity contribution is 6.29. The van der Waals surface area contributed by atoms with E-state index in [0.29, 0.717) is 17.1 Å². The summed E-state index contributed by atoms with van der Waals surface area (Å²) >= 11 is 5.81. The van der Waals surface area contributed by atoms with Crippen molar-refractivity contribution in [1.82, 2.24) is 9.97 Å². The quantitative estimate of drug-likeness (QED) is 0.879. The van der Waals surface area contributed by atoms with Crippen molar-refractivity contribution in [2.75, 3.05) is 5.32 Å². The highest BCUT2D eigenvalue weighted by Gasteiger charge is 2.31. The molecule has 0 aromatic carbocycles. The summed E-state index contributed by atoms with van der Waals surface area (Å²) in [5, 5.41) is 3.88. The first-order chi connectivity index (χ1) is 7.70. The lowest BCUT2D eigenvalue weighted by atomic mass is 9.93. The molecule has 2 rings (SSSR count). The highest BCUT2D eigenvalue weighted by Crippen LogP contribution is 2.35. The number of rotatable bonds is 3. The van der Waals surface area contributed by atoms with Gasteiger partial charge in [0.05, 0.1) is 12.4 Å². The molecule has 88 valence electrons. The van der Waals surface area contributed by atoms with Crippen molar-refractivity contribution >= 4 is 17.4 Å². The molecule has 3 atom stereocenters. The van der Waals surface area contributed by atoms with Crippen molar-refractivity contribution in [2.24, 2.45) is 11.8 Å². The number of nitrogens with zero attached hydrogens (tertiary/aromatic N) is 2. The normalized spacial score (nSPS) is 29.3. The molecule has 1 fully saturated rings. The van der Waals surface area contributed by atoms with Crippen LogP contribution in [-0.4, -0.2) is 16.0 Å². The predicted octanol–water partition coefficient (Wildman–Crippen LogP) is 3.37. The van der Waals surface area contributed by atoms with Crippen LogP contribution < -0.4 is 5.32 Å². The minimum atomic E-state index is 0.447. The van der Waals surface area contributed by atoms with Gasteiger partial charge in [-0.15, -0.1) is 0 Å². The average Bonchev–Trinajstić information content (AvgIpc) is 2.60. The molecule has 1 N–H and O–H groups in total. The molecule has 3 unspecified atom stereocenters. The molecule has 1 heterocycles. The maximum absolute atomic E-state index is 5.81. The fraction of sp³-hybridized carbons (Fsp3) is 0.667. The van der Waals surface area contributed by atoms with Crippen LogP contribution in [-0.2, 0) is 0 Å². The summed E-state index contributed by atoms with van der Waals surface area (Å²) in [6.45, 7) is 4.58. The number of halogens is 1. The Bertz CT molecular complexity index is 356. The van der Waals surface area contributed by atoms with Gasteiger partial charge in [0.25, 0.3) is 0 Å². The van der Waals surface area contributed by atoms with Crippen molar-refractivity contribution in [2.45, 2.75) is 39.2 Å². The van der Waals surface area contributed by atoms with Crippen molar-refractivity contribution in [3.05, 3.63) is 17.5 Å². The van der Waals surface area contributed by atoms with Gasteiger partial charge in [0, 0.05) is 6.04 Å². The minimum absolute atomic E-state index is 0.447. The molecule has 0 aliphatic heterocycles.